The van der Waals surface area contributed by atoms with Gasteiger partial charge in [0.2, 0.25) is 0 Å². The maximum absolute atomic E-state index is 3.80. The first kappa shape index (κ1) is 12.2. The molecule has 0 aromatic heterocycles. The van der Waals surface area contributed by atoms with Crippen LogP contribution < -0.4 is 5.32 Å². The molecular weight excluding hydrogens is 218 g/mol. The smallest absolute Gasteiger partial charge is 0.0103 e. The fraction of sp³-hybridized carbons (Fsp3) is 0.647. The summed E-state index contributed by atoms with van der Waals surface area (Å²) in [4.78, 5) is 0. The fourth-order valence-corrected chi connectivity index (χ4v) is 3.44. The van der Waals surface area contributed by atoms with Crippen molar-refractivity contribution in [3.8, 4) is 0 Å². The molecule has 1 unspecified atom stereocenters. The molecule has 2 aliphatic carbocycles. The van der Waals surface area contributed by atoms with Gasteiger partial charge in [-0.3, -0.25) is 0 Å². The summed E-state index contributed by atoms with van der Waals surface area (Å²) in [7, 11) is 0. The van der Waals surface area contributed by atoms with Crippen molar-refractivity contribution in [3.05, 3.63) is 35.9 Å². The largest absolute Gasteiger partial charge is 0.313 e. The summed E-state index contributed by atoms with van der Waals surface area (Å²) in [6.45, 7) is 3.56. The van der Waals surface area contributed by atoms with Crippen molar-refractivity contribution < 1.29 is 0 Å². The van der Waals surface area contributed by atoms with E-state index in [9.17, 15) is 0 Å². The van der Waals surface area contributed by atoms with Crippen molar-refractivity contribution in [1.29, 1.82) is 0 Å². The van der Waals surface area contributed by atoms with Crippen molar-refractivity contribution >= 4 is 0 Å². The van der Waals surface area contributed by atoms with E-state index >= 15 is 0 Å². The van der Waals surface area contributed by atoms with Crippen molar-refractivity contribution in [3.63, 3.8) is 0 Å². The van der Waals surface area contributed by atoms with Gasteiger partial charge in [0.05, 0.1) is 0 Å². The highest BCUT2D eigenvalue weighted by Gasteiger charge is 2.42. The minimum atomic E-state index is 0.391. The molecule has 0 spiro atoms. The molecule has 1 aromatic carbocycles. The summed E-state index contributed by atoms with van der Waals surface area (Å²) in [5, 5.41) is 3.80. The Bertz CT molecular complexity index is 378. The second-order valence-electron chi connectivity index (χ2n) is 6.16. The molecule has 1 atom stereocenters. The third-order valence-corrected chi connectivity index (χ3v) is 5.15. The first-order valence-corrected chi connectivity index (χ1v) is 7.64. The average Bonchev–Trinajstić information content (AvgIpc) is 3.17. The molecule has 2 saturated carbocycles. The lowest BCUT2D eigenvalue weighted by molar-refractivity contribution is 0.151. The highest BCUT2D eigenvalue weighted by molar-refractivity contribution is 5.28. The summed E-state index contributed by atoms with van der Waals surface area (Å²) < 4.78 is 0. The molecule has 2 aliphatic rings. The van der Waals surface area contributed by atoms with Crippen LogP contribution in [-0.4, -0.2) is 12.6 Å². The molecule has 2 fully saturated rings. The predicted molar refractivity (Wildman–Crippen MR) is 76.8 cm³/mol. The molecule has 0 aliphatic heterocycles. The summed E-state index contributed by atoms with van der Waals surface area (Å²) in [6, 6.07) is 12.1. The minimum Gasteiger partial charge on any atom is -0.313 e. The molecule has 1 aromatic rings. The van der Waals surface area contributed by atoms with Gasteiger partial charge in [0.25, 0.3) is 0 Å². The average molecular weight is 243 g/mol. The second-order valence-corrected chi connectivity index (χ2v) is 6.16. The monoisotopic (exact) mass is 243 g/mol. The van der Waals surface area contributed by atoms with Crippen LogP contribution in [0.4, 0.5) is 0 Å². The first-order valence-electron chi connectivity index (χ1n) is 7.64. The number of hydrogen-bond acceptors (Lipinski definition) is 1. The summed E-state index contributed by atoms with van der Waals surface area (Å²) in [5.74, 6) is 0.899. The van der Waals surface area contributed by atoms with E-state index in [2.05, 4.69) is 42.6 Å². The third-order valence-electron chi connectivity index (χ3n) is 5.15. The number of benzene rings is 1. The van der Waals surface area contributed by atoms with E-state index in [4.69, 9.17) is 0 Å². The van der Waals surface area contributed by atoms with Crippen LogP contribution in [0.5, 0.6) is 0 Å². The van der Waals surface area contributed by atoms with Crippen LogP contribution in [0.3, 0.4) is 0 Å². The SMILES string of the molecule is CCC(CNC1CC1)(c1ccccc1)C1CCC1. The molecule has 1 nitrogen and oxygen atoms in total. The normalized spacial score (nSPS) is 23.4. The Labute approximate surface area is 111 Å². The quantitative estimate of drug-likeness (QED) is 0.799. The van der Waals surface area contributed by atoms with Crippen LogP contribution in [0, 0.1) is 5.92 Å². The van der Waals surface area contributed by atoms with Crippen LogP contribution in [-0.2, 0) is 5.41 Å². The van der Waals surface area contributed by atoms with Crippen LogP contribution in [0.15, 0.2) is 30.3 Å². The van der Waals surface area contributed by atoms with Gasteiger partial charge in [-0.1, -0.05) is 43.7 Å². The van der Waals surface area contributed by atoms with Crippen molar-refractivity contribution in [2.45, 2.75) is 56.9 Å². The molecule has 0 bridgehead atoms. The maximum atomic E-state index is 3.80. The van der Waals surface area contributed by atoms with Crippen LogP contribution in [0.2, 0.25) is 0 Å². The molecule has 18 heavy (non-hydrogen) atoms. The highest BCUT2D eigenvalue weighted by atomic mass is 15.0. The molecule has 0 heterocycles. The summed E-state index contributed by atoms with van der Waals surface area (Å²) in [5.41, 5.74) is 1.95. The van der Waals surface area contributed by atoms with Gasteiger partial charge in [-0.05, 0) is 43.6 Å². The van der Waals surface area contributed by atoms with Gasteiger partial charge in [0.1, 0.15) is 0 Å². The van der Waals surface area contributed by atoms with Gasteiger partial charge < -0.3 is 5.32 Å². The van der Waals surface area contributed by atoms with E-state index in [1.807, 2.05) is 0 Å². The standard InChI is InChI=1S/C17H25N/c1-2-17(15-9-6-10-15,13-18-16-11-12-16)14-7-4-3-5-8-14/h3-5,7-8,15-16,18H,2,6,9-13H2,1H3. The van der Waals surface area contributed by atoms with Crippen molar-refractivity contribution in [1.82, 2.24) is 5.32 Å². The van der Waals surface area contributed by atoms with E-state index in [-0.39, 0.29) is 0 Å². The van der Waals surface area contributed by atoms with Crippen LogP contribution in [0.1, 0.15) is 51.0 Å². The number of hydrogen-bond donors (Lipinski definition) is 1. The Balaban J connectivity index is 1.84. The van der Waals surface area contributed by atoms with Gasteiger partial charge in [-0.2, -0.15) is 0 Å². The zero-order chi connectivity index (χ0) is 12.4. The Kier molecular flexibility index (Phi) is 3.43. The van der Waals surface area contributed by atoms with Gasteiger partial charge in [0, 0.05) is 18.0 Å². The third kappa shape index (κ3) is 2.21. The molecule has 98 valence electrons. The summed E-state index contributed by atoms with van der Waals surface area (Å²) >= 11 is 0. The molecule has 1 heteroatoms. The zero-order valence-electron chi connectivity index (χ0n) is 11.5. The molecule has 0 saturated heterocycles. The van der Waals surface area contributed by atoms with Crippen molar-refractivity contribution in [2.75, 3.05) is 6.54 Å². The van der Waals surface area contributed by atoms with E-state index in [1.165, 1.54) is 45.1 Å². The zero-order valence-corrected chi connectivity index (χ0v) is 11.5. The Morgan fingerprint density at radius 2 is 1.83 bits per heavy atom. The van der Waals surface area contributed by atoms with Gasteiger partial charge in [-0.15, -0.1) is 0 Å². The predicted octanol–water partition coefficient (Wildman–Crippen LogP) is 3.89. The summed E-state index contributed by atoms with van der Waals surface area (Å²) in [6.07, 6.45) is 8.33. The van der Waals surface area contributed by atoms with Crippen LogP contribution >= 0.6 is 0 Å². The van der Waals surface area contributed by atoms with Gasteiger partial charge >= 0.3 is 0 Å². The molecular formula is C17H25N. The van der Waals surface area contributed by atoms with Gasteiger partial charge in [0.15, 0.2) is 0 Å². The fourth-order valence-electron chi connectivity index (χ4n) is 3.44. The lowest BCUT2D eigenvalue weighted by Crippen LogP contribution is -2.47. The topological polar surface area (TPSA) is 12.0 Å². The molecule has 0 amide bonds. The van der Waals surface area contributed by atoms with Gasteiger partial charge in [-0.25, -0.2) is 0 Å². The molecule has 1 N–H and O–H groups in total. The van der Waals surface area contributed by atoms with E-state index in [0.29, 0.717) is 5.41 Å². The van der Waals surface area contributed by atoms with Crippen molar-refractivity contribution in [2.24, 2.45) is 5.92 Å². The first-order chi connectivity index (χ1) is 8.85. The Hall–Kier alpha value is -0.820. The molecule has 3 rings (SSSR count). The van der Waals surface area contributed by atoms with E-state index in [1.54, 1.807) is 5.56 Å². The minimum absolute atomic E-state index is 0.391. The Morgan fingerprint density at radius 1 is 1.11 bits per heavy atom. The lowest BCUT2D eigenvalue weighted by atomic mass is 9.60. The van der Waals surface area contributed by atoms with E-state index < -0.39 is 0 Å². The Morgan fingerprint density at radius 3 is 2.33 bits per heavy atom. The van der Waals surface area contributed by atoms with Crippen LogP contribution in [0.25, 0.3) is 0 Å². The second kappa shape index (κ2) is 5.05. The lowest BCUT2D eigenvalue weighted by Gasteiger charge is -2.46. The molecule has 0 radical (unpaired) electrons. The highest BCUT2D eigenvalue weighted by Crippen LogP contribution is 2.46. The number of nitrogens with one attached hydrogen (secondary N) is 1. The number of rotatable bonds is 6. The maximum Gasteiger partial charge on any atom is 0.0103 e. The van der Waals surface area contributed by atoms with E-state index in [0.717, 1.165) is 12.0 Å².